The highest BCUT2D eigenvalue weighted by Gasteiger charge is 2.25. The van der Waals surface area contributed by atoms with Crippen LogP contribution in [0.3, 0.4) is 0 Å². The number of amides is 3. The lowest BCUT2D eigenvalue weighted by molar-refractivity contribution is -0.139. The first-order valence-corrected chi connectivity index (χ1v) is 9.03. The minimum absolute atomic E-state index is 0.0189. The molecule has 26 heavy (non-hydrogen) atoms. The van der Waals surface area contributed by atoms with E-state index in [1.165, 1.54) is 0 Å². The number of hydrogen-bond acceptors (Lipinski definition) is 4. The maximum absolute atomic E-state index is 12.6. The molecule has 7 heteroatoms. The predicted octanol–water partition coefficient (Wildman–Crippen LogP) is 1.28. The lowest BCUT2D eigenvalue weighted by Crippen LogP contribution is -2.51. The fourth-order valence-electron chi connectivity index (χ4n) is 3.21. The Labute approximate surface area is 153 Å². The van der Waals surface area contributed by atoms with Crippen LogP contribution in [0.1, 0.15) is 25.8 Å². The van der Waals surface area contributed by atoms with Crippen molar-refractivity contribution in [1.29, 1.82) is 0 Å². The summed E-state index contributed by atoms with van der Waals surface area (Å²) in [5.74, 6) is 0.971. The minimum Gasteiger partial charge on any atom is -0.482 e. The number of fused-ring (bicyclic) bond motifs is 1. The molecule has 0 saturated carbocycles. The number of carbonyl (C=O) groups excluding carboxylic acids is 3. The van der Waals surface area contributed by atoms with E-state index in [0.29, 0.717) is 50.0 Å². The Kier molecular flexibility index (Phi) is 5.44. The van der Waals surface area contributed by atoms with Gasteiger partial charge in [0, 0.05) is 32.6 Å². The number of nitrogens with one attached hydrogen (secondary N) is 1. The van der Waals surface area contributed by atoms with Crippen LogP contribution in [0.5, 0.6) is 5.75 Å². The van der Waals surface area contributed by atoms with Crippen LogP contribution in [-0.2, 0) is 20.8 Å². The first kappa shape index (κ1) is 18.2. The average molecular weight is 359 g/mol. The number of hydrogen-bond donors (Lipinski definition) is 1. The van der Waals surface area contributed by atoms with Gasteiger partial charge >= 0.3 is 0 Å². The van der Waals surface area contributed by atoms with Gasteiger partial charge < -0.3 is 19.9 Å². The largest absolute Gasteiger partial charge is 0.482 e. The molecule has 1 saturated heterocycles. The Morgan fingerprint density at radius 1 is 1.12 bits per heavy atom. The molecule has 1 fully saturated rings. The Morgan fingerprint density at radius 2 is 1.77 bits per heavy atom. The molecular weight excluding hydrogens is 334 g/mol. The van der Waals surface area contributed by atoms with Gasteiger partial charge in [0.1, 0.15) is 5.75 Å². The van der Waals surface area contributed by atoms with Gasteiger partial charge in [0.25, 0.3) is 5.91 Å². The summed E-state index contributed by atoms with van der Waals surface area (Å²) in [5, 5.41) is 2.75. The third kappa shape index (κ3) is 4.33. The zero-order valence-corrected chi connectivity index (χ0v) is 15.3. The summed E-state index contributed by atoms with van der Waals surface area (Å²) in [6.07, 6.45) is 0.819. The number of anilines is 1. The van der Waals surface area contributed by atoms with Crippen molar-refractivity contribution in [3.63, 3.8) is 0 Å². The molecule has 0 radical (unpaired) electrons. The van der Waals surface area contributed by atoms with Crippen LogP contribution in [0.2, 0.25) is 0 Å². The maximum atomic E-state index is 12.6. The van der Waals surface area contributed by atoms with Crippen LogP contribution in [0, 0.1) is 5.92 Å². The molecule has 7 nitrogen and oxygen atoms in total. The van der Waals surface area contributed by atoms with Crippen LogP contribution >= 0.6 is 0 Å². The van der Waals surface area contributed by atoms with E-state index >= 15 is 0 Å². The van der Waals surface area contributed by atoms with E-state index in [1.54, 1.807) is 17.0 Å². The number of benzene rings is 1. The van der Waals surface area contributed by atoms with Crippen LogP contribution in [0.15, 0.2) is 18.2 Å². The van der Waals surface area contributed by atoms with Crippen LogP contribution in [0.4, 0.5) is 5.69 Å². The normalized spacial score (nSPS) is 16.8. The summed E-state index contributed by atoms with van der Waals surface area (Å²) in [7, 11) is 0. The third-order valence-corrected chi connectivity index (χ3v) is 4.60. The van der Waals surface area contributed by atoms with Gasteiger partial charge in [-0.15, -0.1) is 0 Å². The quantitative estimate of drug-likeness (QED) is 0.878. The monoisotopic (exact) mass is 359 g/mol. The number of carbonyl (C=O) groups is 3. The number of ether oxygens (including phenoxy) is 1. The first-order chi connectivity index (χ1) is 12.4. The highest BCUT2D eigenvalue weighted by atomic mass is 16.5. The van der Waals surface area contributed by atoms with Gasteiger partial charge in [0.15, 0.2) is 6.61 Å². The Bertz CT molecular complexity index is 709. The topological polar surface area (TPSA) is 79.0 Å². The Balaban J connectivity index is 1.54. The SMILES string of the molecule is CC(C)CC(=O)N1CCN(C(=O)Cc2ccc3c(c2)NC(=O)CO3)CC1. The third-order valence-electron chi connectivity index (χ3n) is 4.60. The van der Waals surface area contributed by atoms with Crippen LogP contribution in [-0.4, -0.2) is 60.3 Å². The molecule has 0 unspecified atom stereocenters. The van der Waals surface area contributed by atoms with E-state index in [-0.39, 0.29) is 30.7 Å². The van der Waals surface area contributed by atoms with E-state index in [1.807, 2.05) is 24.8 Å². The Morgan fingerprint density at radius 3 is 2.42 bits per heavy atom. The van der Waals surface area contributed by atoms with E-state index in [0.717, 1.165) is 5.56 Å². The highest BCUT2D eigenvalue weighted by molar-refractivity contribution is 5.95. The van der Waals surface area contributed by atoms with E-state index in [2.05, 4.69) is 5.32 Å². The molecule has 3 amide bonds. The second-order valence-electron chi connectivity index (χ2n) is 7.20. The summed E-state index contributed by atoms with van der Waals surface area (Å²) in [6, 6.07) is 5.41. The molecule has 0 bridgehead atoms. The second-order valence-corrected chi connectivity index (χ2v) is 7.20. The maximum Gasteiger partial charge on any atom is 0.262 e. The zero-order chi connectivity index (χ0) is 18.7. The summed E-state index contributed by atoms with van der Waals surface area (Å²) < 4.78 is 5.33. The molecule has 1 N–H and O–H groups in total. The van der Waals surface area contributed by atoms with Gasteiger partial charge in [0.2, 0.25) is 11.8 Å². The second kappa shape index (κ2) is 7.76. The van der Waals surface area contributed by atoms with Crippen molar-refractivity contribution < 1.29 is 19.1 Å². The molecule has 1 aromatic carbocycles. The van der Waals surface area contributed by atoms with Crippen molar-refractivity contribution >= 4 is 23.4 Å². The zero-order valence-electron chi connectivity index (χ0n) is 15.3. The number of rotatable bonds is 4. The molecule has 3 rings (SSSR count). The van der Waals surface area contributed by atoms with Crippen LogP contribution < -0.4 is 10.1 Å². The molecular formula is C19H25N3O4. The van der Waals surface area contributed by atoms with Gasteiger partial charge in [-0.25, -0.2) is 0 Å². The number of piperazine rings is 1. The smallest absolute Gasteiger partial charge is 0.262 e. The fourth-order valence-corrected chi connectivity index (χ4v) is 3.21. The summed E-state index contributed by atoms with van der Waals surface area (Å²) >= 11 is 0. The molecule has 1 aromatic rings. The van der Waals surface area contributed by atoms with Crippen LogP contribution in [0.25, 0.3) is 0 Å². The summed E-state index contributed by atoms with van der Waals surface area (Å²) in [5.41, 5.74) is 1.44. The van der Waals surface area contributed by atoms with Crippen molar-refractivity contribution in [3.8, 4) is 5.75 Å². The average Bonchev–Trinajstić information content (AvgIpc) is 2.61. The Hall–Kier alpha value is -2.57. The lowest BCUT2D eigenvalue weighted by Gasteiger charge is -2.35. The van der Waals surface area contributed by atoms with Gasteiger partial charge in [-0.1, -0.05) is 19.9 Å². The van der Waals surface area contributed by atoms with Gasteiger partial charge in [-0.3, -0.25) is 14.4 Å². The number of nitrogens with zero attached hydrogens (tertiary/aromatic N) is 2. The fraction of sp³-hybridized carbons (Fsp3) is 0.526. The molecule has 0 aliphatic carbocycles. The van der Waals surface area contributed by atoms with Gasteiger partial charge in [-0.2, -0.15) is 0 Å². The highest BCUT2D eigenvalue weighted by Crippen LogP contribution is 2.28. The van der Waals surface area contributed by atoms with E-state index in [9.17, 15) is 14.4 Å². The van der Waals surface area contributed by atoms with Gasteiger partial charge in [-0.05, 0) is 23.6 Å². The lowest BCUT2D eigenvalue weighted by atomic mass is 10.1. The van der Waals surface area contributed by atoms with Crippen molar-refractivity contribution in [2.24, 2.45) is 5.92 Å². The van der Waals surface area contributed by atoms with E-state index in [4.69, 9.17) is 4.74 Å². The molecule has 140 valence electrons. The molecule has 2 aliphatic heterocycles. The predicted molar refractivity (Wildman–Crippen MR) is 96.9 cm³/mol. The van der Waals surface area contributed by atoms with Crippen molar-refractivity contribution in [2.75, 3.05) is 38.1 Å². The van der Waals surface area contributed by atoms with Crippen molar-refractivity contribution in [1.82, 2.24) is 9.80 Å². The summed E-state index contributed by atoms with van der Waals surface area (Å²) in [4.78, 5) is 39.7. The van der Waals surface area contributed by atoms with Gasteiger partial charge in [0.05, 0.1) is 12.1 Å². The molecule has 2 aliphatic rings. The molecule has 0 spiro atoms. The first-order valence-electron chi connectivity index (χ1n) is 9.03. The van der Waals surface area contributed by atoms with E-state index < -0.39 is 0 Å². The van der Waals surface area contributed by atoms with Crippen molar-refractivity contribution in [3.05, 3.63) is 23.8 Å². The minimum atomic E-state index is -0.192. The summed E-state index contributed by atoms with van der Waals surface area (Å²) in [6.45, 7) is 6.39. The molecule has 0 atom stereocenters. The van der Waals surface area contributed by atoms with Crippen molar-refractivity contribution in [2.45, 2.75) is 26.7 Å². The molecule has 2 heterocycles. The molecule has 0 aromatic heterocycles. The standard InChI is InChI=1S/C19H25N3O4/c1-13(2)9-18(24)21-5-7-22(8-6-21)19(25)11-14-3-4-16-15(10-14)20-17(23)12-26-16/h3-4,10,13H,5-9,11-12H2,1-2H3,(H,20,23).